The molecule has 0 aliphatic heterocycles. The molecule has 2 aromatic rings. The predicted molar refractivity (Wildman–Crippen MR) is 63.9 cm³/mol. The Labute approximate surface area is 98.5 Å². The minimum absolute atomic E-state index is 0.0259. The summed E-state index contributed by atoms with van der Waals surface area (Å²) in [5.74, 6) is -0.0572. The van der Waals surface area contributed by atoms with Crippen molar-refractivity contribution in [1.82, 2.24) is 14.1 Å². The molecule has 0 atom stereocenters. The zero-order chi connectivity index (χ0) is 13.4. The Balaban J connectivity index is 3.17. The van der Waals surface area contributed by atoms with E-state index in [0.717, 1.165) is 15.2 Å². The van der Waals surface area contributed by atoms with E-state index in [1.54, 1.807) is 0 Å². The average Bonchev–Trinajstić information content (AvgIpc) is 2.33. The fourth-order valence-electron chi connectivity index (χ4n) is 1.67. The van der Waals surface area contributed by atoms with Crippen LogP contribution >= 0.6 is 0 Å². The molecule has 0 saturated carbocycles. The van der Waals surface area contributed by atoms with Crippen LogP contribution < -0.4 is 16.7 Å². The highest BCUT2D eigenvalue weighted by Crippen LogP contribution is 2.08. The van der Waals surface area contributed by atoms with E-state index < -0.39 is 16.7 Å². The third kappa shape index (κ3) is 1.50. The Hall–Kier alpha value is -2.80. The van der Waals surface area contributed by atoms with Gasteiger partial charge < -0.3 is 4.98 Å². The van der Waals surface area contributed by atoms with Crippen LogP contribution in [0.25, 0.3) is 21.5 Å². The van der Waals surface area contributed by atoms with Crippen molar-refractivity contribution in [2.75, 3.05) is 0 Å². The van der Waals surface area contributed by atoms with Crippen LogP contribution in [0.3, 0.4) is 0 Å². The van der Waals surface area contributed by atoms with E-state index in [1.807, 2.05) is 0 Å². The summed E-state index contributed by atoms with van der Waals surface area (Å²) in [4.78, 5) is 40.4. The van der Waals surface area contributed by atoms with Crippen LogP contribution in [0.4, 0.5) is 5.82 Å². The molecule has 9 heteroatoms. The number of hydrogen-bond acceptors (Lipinski definition) is 4. The number of azide groups is 1. The van der Waals surface area contributed by atoms with Crippen molar-refractivity contribution in [3.8, 4) is 0 Å². The van der Waals surface area contributed by atoms with Gasteiger partial charge in [0.2, 0.25) is 0 Å². The summed E-state index contributed by atoms with van der Waals surface area (Å²) in [7, 11) is 2.69. The van der Waals surface area contributed by atoms with E-state index >= 15 is 0 Å². The Morgan fingerprint density at radius 3 is 2.56 bits per heavy atom. The van der Waals surface area contributed by atoms with Crippen LogP contribution in [0.2, 0.25) is 0 Å². The summed E-state index contributed by atoms with van der Waals surface area (Å²) in [6.07, 6.45) is 0. The fourth-order valence-corrected chi connectivity index (χ4v) is 1.67. The molecule has 2 rings (SSSR count). The number of H-pyrrole nitrogens is 1. The van der Waals surface area contributed by atoms with Crippen molar-refractivity contribution in [3.05, 3.63) is 47.6 Å². The first kappa shape index (κ1) is 11.7. The second-order valence-electron chi connectivity index (χ2n) is 3.64. The molecule has 0 aliphatic carbocycles. The smallest absolute Gasteiger partial charge is 0.332 e. The van der Waals surface area contributed by atoms with Crippen molar-refractivity contribution in [3.63, 3.8) is 0 Å². The van der Waals surface area contributed by atoms with Crippen LogP contribution in [0.1, 0.15) is 0 Å². The van der Waals surface area contributed by atoms with Gasteiger partial charge in [0.15, 0.2) is 5.43 Å². The van der Waals surface area contributed by atoms with Gasteiger partial charge in [0.25, 0.3) is 5.56 Å². The summed E-state index contributed by atoms with van der Waals surface area (Å²) < 4.78 is 1.94. The molecule has 18 heavy (non-hydrogen) atoms. The number of pyridine rings is 1. The first-order chi connectivity index (χ1) is 8.47. The number of aromatic amines is 1. The minimum atomic E-state index is -0.693. The van der Waals surface area contributed by atoms with Gasteiger partial charge in [-0.15, -0.1) is 0 Å². The van der Waals surface area contributed by atoms with Crippen molar-refractivity contribution in [2.45, 2.75) is 0 Å². The zero-order valence-corrected chi connectivity index (χ0v) is 9.54. The predicted octanol–water partition coefficient (Wildman–Crippen LogP) is -0.133. The van der Waals surface area contributed by atoms with Crippen molar-refractivity contribution in [1.29, 1.82) is 0 Å². The van der Waals surface area contributed by atoms with E-state index in [-0.39, 0.29) is 16.9 Å². The van der Waals surface area contributed by atoms with E-state index in [2.05, 4.69) is 15.0 Å². The molecule has 9 nitrogen and oxygen atoms in total. The molecule has 0 amide bonds. The van der Waals surface area contributed by atoms with Gasteiger partial charge in [0.1, 0.15) is 16.9 Å². The van der Waals surface area contributed by atoms with Crippen LogP contribution in [0.15, 0.2) is 25.6 Å². The molecule has 2 aromatic heterocycles. The molecule has 92 valence electrons. The number of aryl methyl sites for hydroxylation is 1. The van der Waals surface area contributed by atoms with Gasteiger partial charge >= 0.3 is 5.69 Å². The van der Waals surface area contributed by atoms with Gasteiger partial charge in [-0.3, -0.25) is 18.7 Å². The maximum absolute atomic E-state index is 11.8. The third-order valence-corrected chi connectivity index (χ3v) is 2.58. The van der Waals surface area contributed by atoms with Crippen LogP contribution in [0.5, 0.6) is 0 Å². The second kappa shape index (κ2) is 3.90. The lowest BCUT2D eigenvalue weighted by Gasteiger charge is -2.06. The molecule has 0 bridgehead atoms. The van der Waals surface area contributed by atoms with Gasteiger partial charge in [-0.05, 0) is 10.6 Å². The summed E-state index contributed by atoms with van der Waals surface area (Å²) in [5.41, 5.74) is 6.45. The Kier molecular flexibility index (Phi) is 2.53. The lowest BCUT2D eigenvalue weighted by molar-refractivity contribution is 0.707. The quantitative estimate of drug-likeness (QED) is 0.429. The highest BCUT2D eigenvalue weighted by Gasteiger charge is 2.12. The number of fused-ring (bicyclic) bond motifs is 1. The first-order valence-electron chi connectivity index (χ1n) is 4.85. The van der Waals surface area contributed by atoms with Crippen LogP contribution in [-0.2, 0) is 14.1 Å². The minimum Gasteiger partial charge on any atom is -0.339 e. The molecule has 0 aliphatic rings. The van der Waals surface area contributed by atoms with Gasteiger partial charge in [-0.25, -0.2) is 4.79 Å². The molecule has 0 unspecified atom stereocenters. The molecule has 2 heterocycles. The molecule has 1 N–H and O–H groups in total. The molecule has 0 radical (unpaired) electrons. The maximum Gasteiger partial charge on any atom is 0.332 e. The standard InChI is InChI=1S/C9H8N6O3/c1-14-7-6(8(17)15(2)9(14)18)4(16)3-5(11-7)12-13-10/h3H,1-2H3,(H,11,16). The van der Waals surface area contributed by atoms with Gasteiger partial charge in [0, 0.05) is 25.1 Å². The summed E-state index contributed by atoms with van der Waals surface area (Å²) in [5, 5.41) is 3.09. The monoisotopic (exact) mass is 248 g/mol. The number of hydrogen-bond donors (Lipinski definition) is 1. The number of nitrogens with zero attached hydrogens (tertiary/aromatic N) is 5. The molecule has 0 fully saturated rings. The number of nitrogens with one attached hydrogen (secondary N) is 1. The van der Waals surface area contributed by atoms with Crippen LogP contribution in [-0.4, -0.2) is 14.1 Å². The summed E-state index contributed by atoms with van der Waals surface area (Å²) in [6, 6.07) is 1.01. The highest BCUT2D eigenvalue weighted by molar-refractivity contribution is 5.75. The topological polar surface area (TPSA) is 126 Å². The lowest BCUT2D eigenvalue weighted by atomic mass is 10.3. The van der Waals surface area contributed by atoms with Gasteiger partial charge in [0.05, 0.1) is 0 Å². The van der Waals surface area contributed by atoms with E-state index in [4.69, 9.17) is 5.53 Å². The third-order valence-electron chi connectivity index (χ3n) is 2.58. The van der Waals surface area contributed by atoms with Gasteiger partial charge in [-0.1, -0.05) is 0 Å². The molecule has 0 aromatic carbocycles. The lowest BCUT2D eigenvalue weighted by Crippen LogP contribution is -2.39. The first-order valence-corrected chi connectivity index (χ1v) is 4.85. The maximum atomic E-state index is 11.8. The number of rotatable bonds is 1. The second-order valence-corrected chi connectivity index (χ2v) is 3.64. The Morgan fingerprint density at radius 2 is 1.94 bits per heavy atom. The summed E-state index contributed by atoms with van der Waals surface area (Å²) >= 11 is 0. The van der Waals surface area contributed by atoms with Crippen LogP contribution in [0, 0.1) is 0 Å². The SMILES string of the molecule is Cn1c(=O)c2c(=O)cc(N=[N+]=[N-])[nH]c2n(C)c1=O. The van der Waals surface area contributed by atoms with Crippen molar-refractivity contribution >= 4 is 16.9 Å². The van der Waals surface area contributed by atoms with Crippen molar-refractivity contribution < 1.29 is 0 Å². The summed E-state index contributed by atoms with van der Waals surface area (Å²) in [6.45, 7) is 0. The molecule has 0 saturated heterocycles. The Morgan fingerprint density at radius 1 is 1.28 bits per heavy atom. The average molecular weight is 248 g/mol. The van der Waals surface area contributed by atoms with E-state index in [9.17, 15) is 14.4 Å². The zero-order valence-electron chi connectivity index (χ0n) is 9.54. The van der Waals surface area contributed by atoms with Gasteiger partial charge in [-0.2, -0.15) is 0 Å². The Bertz CT molecular complexity index is 865. The van der Waals surface area contributed by atoms with E-state index in [0.29, 0.717) is 0 Å². The fraction of sp³-hybridized carbons (Fsp3) is 0.222. The van der Waals surface area contributed by atoms with E-state index in [1.165, 1.54) is 14.1 Å². The normalized spacial score (nSPS) is 10.3. The number of aromatic nitrogens is 3. The molecular formula is C9H8N6O3. The largest absolute Gasteiger partial charge is 0.339 e. The molecular weight excluding hydrogens is 240 g/mol. The van der Waals surface area contributed by atoms with Crippen molar-refractivity contribution in [2.24, 2.45) is 19.2 Å². The molecule has 0 spiro atoms. The highest BCUT2D eigenvalue weighted by atomic mass is 16.2.